The largest absolute Gasteiger partial charge is 0.395 e. The van der Waals surface area contributed by atoms with Gasteiger partial charge in [0.15, 0.2) is 5.43 Å². The molecule has 0 fully saturated rings. The van der Waals surface area contributed by atoms with E-state index in [-0.39, 0.29) is 18.6 Å². The third-order valence-corrected chi connectivity index (χ3v) is 3.98. The first kappa shape index (κ1) is 16.7. The fourth-order valence-electron chi connectivity index (χ4n) is 2.88. The van der Waals surface area contributed by atoms with Crippen LogP contribution < -0.4 is 5.43 Å². The van der Waals surface area contributed by atoms with Crippen molar-refractivity contribution in [1.29, 1.82) is 0 Å². The normalized spacial score (nSPS) is 11.5. The van der Waals surface area contributed by atoms with Crippen molar-refractivity contribution in [2.24, 2.45) is 0 Å². The summed E-state index contributed by atoms with van der Waals surface area (Å²) >= 11 is 0. The van der Waals surface area contributed by atoms with Gasteiger partial charge in [0.2, 0.25) is 0 Å². The molecule has 5 heteroatoms. The van der Waals surface area contributed by atoms with E-state index in [0.29, 0.717) is 30.6 Å². The molecule has 0 saturated heterocycles. The monoisotopic (exact) mass is 304 g/mol. The van der Waals surface area contributed by atoms with Crippen LogP contribution in [0.4, 0.5) is 0 Å². The van der Waals surface area contributed by atoms with Gasteiger partial charge in [0.25, 0.3) is 0 Å². The molecule has 0 aliphatic carbocycles. The molecule has 0 radical (unpaired) electrons. The second kappa shape index (κ2) is 7.05. The number of nitrogens with one attached hydrogen (secondary N) is 1. The van der Waals surface area contributed by atoms with E-state index in [0.717, 1.165) is 22.3 Å². The number of aliphatic hydroxyl groups excluding tert-OH is 2. The standard InChI is InChI=1S/C17H24N2O3/c1-11-8-12(2)16-14(9-11)17(22)15(13(3)18-16)10-19(4-6-20)5-7-21/h8-9,20-21H,4-7,10H2,1-3H3,(H,18,22). The van der Waals surface area contributed by atoms with Gasteiger partial charge in [-0.25, -0.2) is 0 Å². The molecule has 1 heterocycles. The number of rotatable bonds is 6. The highest BCUT2D eigenvalue weighted by Gasteiger charge is 2.14. The summed E-state index contributed by atoms with van der Waals surface area (Å²) in [7, 11) is 0. The summed E-state index contributed by atoms with van der Waals surface area (Å²) in [5.74, 6) is 0. The summed E-state index contributed by atoms with van der Waals surface area (Å²) in [6.07, 6.45) is 0. The predicted octanol–water partition coefficient (Wildman–Crippen LogP) is 1.24. The summed E-state index contributed by atoms with van der Waals surface area (Å²) in [5, 5.41) is 18.9. The van der Waals surface area contributed by atoms with E-state index in [2.05, 4.69) is 11.1 Å². The SMILES string of the molecule is Cc1cc(C)c2[nH]c(C)c(CN(CCO)CCO)c(=O)c2c1. The number of pyridine rings is 1. The molecular formula is C17H24N2O3. The third kappa shape index (κ3) is 3.38. The van der Waals surface area contributed by atoms with Gasteiger partial charge < -0.3 is 15.2 Å². The highest BCUT2D eigenvalue weighted by atomic mass is 16.3. The summed E-state index contributed by atoms with van der Waals surface area (Å²) in [6.45, 7) is 7.17. The molecule has 22 heavy (non-hydrogen) atoms. The van der Waals surface area contributed by atoms with Gasteiger partial charge in [-0.1, -0.05) is 6.07 Å². The third-order valence-electron chi connectivity index (χ3n) is 3.98. The first-order valence-electron chi connectivity index (χ1n) is 7.54. The Bertz CT molecular complexity index is 716. The van der Waals surface area contributed by atoms with E-state index < -0.39 is 0 Å². The minimum Gasteiger partial charge on any atom is -0.395 e. The Hall–Kier alpha value is -1.69. The van der Waals surface area contributed by atoms with Crippen molar-refractivity contribution in [3.63, 3.8) is 0 Å². The summed E-state index contributed by atoms with van der Waals surface area (Å²) < 4.78 is 0. The average molecular weight is 304 g/mol. The zero-order chi connectivity index (χ0) is 16.3. The lowest BCUT2D eigenvalue weighted by Gasteiger charge is -2.21. The van der Waals surface area contributed by atoms with Crippen LogP contribution in [0.25, 0.3) is 10.9 Å². The molecule has 0 unspecified atom stereocenters. The van der Waals surface area contributed by atoms with Crippen molar-refractivity contribution < 1.29 is 10.2 Å². The van der Waals surface area contributed by atoms with Gasteiger partial charge in [0.05, 0.1) is 18.7 Å². The Balaban J connectivity index is 2.52. The Morgan fingerprint density at radius 1 is 1.09 bits per heavy atom. The van der Waals surface area contributed by atoms with Crippen molar-refractivity contribution in [1.82, 2.24) is 9.88 Å². The second-order valence-corrected chi connectivity index (χ2v) is 5.79. The van der Waals surface area contributed by atoms with Crippen LogP contribution in [0.15, 0.2) is 16.9 Å². The maximum atomic E-state index is 12.8. The van der Waals surface area contributed by atoms with E-state index >= 15 is 0 Å². The highest BCUT2D eigenvalue weighted by molar-refractivity contribution is 5.83. The Kier molecular flexibility index (Phi) is 5.34. The number of aliphatic hydroxyl groups is 2. The first-order chi connectivity index (χ1) is 10.5. The van der Waals surface area contributed by atoms with E-state index in [9.17, 15) is 4.79 Å². The fourth-order valence-corrected chi connectivity index (χ4v) is 2.88. The molecule has 0 spiro atoms. The number of aromatic amines is 1. The lowest BCUT2D eigenvalue weighted by Crippen LogP contribution is -2.32. The molecule has 1 aromatic carbocycles. The number of aryl methyl sites for hydroxylation is 3. The quantitative estimate of drug-likeness (QED) is 0.750. The Morgan fingerprint density at radius 3 is 2.32 bits per heavy atom. The molecule has 3 N–H and O–H groups in total. The average Bonchev–Trinajstić information content (AvgIpc) is 2.45. The van der Waals surface area contributed by atoms with Gasteiger partial charge in [-0.3, -0.25) is 9.69 Å². The Morgan fingerprint density at radius 2 is 1.73 bits per heavy atom. The maximum absolute atomic E-state index is 12.8. The van der Waals surface area contributed by atoms with E-state index in [1.54, 1.807) is 0 Å². The van der Waals surface area contributed by atoms with Crippen LogP contribution in [0.2, 0.25) is 0 Å². The molecule has 2 aromatic rings. The van der Waals surface area contributed by atoms with Crippen LogP contribution in [-0.4, -0.2) is 46.4 Å². The van der Waals surface area contributed by atoms with Crippen LogP contribution in [-0.2, 0) is 6.54 Å². The second-order valence-electron chi connectivity index (χ2n) is 5.79. The lowest BCUT2D eigenvalue weighted by molar-refractivity contribution is 0.155. The highest BCUT2D eigenvalue weighted by Crippen LogP contribution is 2.18. The minimum atomic E-state index is 0.00273. The fraction of sp³-hybridized carbons (Fsp3) is 0.471. The predicted molar refractivity (Wildman–Crippen MR) is 88.2 cm³/mol. The summed E-state index contributed by atoms with van der Waals surface area (Å²) in [6, 6.07) is 3.97. The van der Waals surface area contributed by atoms with Crippen LogP contribution in [0.1, 0.15) is 22.4 Å². The van der Waals surface area contributed by atoms with Gasteiger partial charge in [-0.2, -0.15) is 0 Å². The van der Waals surface area contributed by atoms with E-state index in [1.165, 1.54) is 0 Å². The molecule has 2 rings (SSSR count). The molecule has 0 saturated carbocycles. The van der Waals surface area contributed by atoms with Crippen LogP contribution in [0, 0.1) is 20.8 Å². The zero-order valence-corrected chi connectivity index (χ0v) is 13.4. The van der Waals surface area contributed by atoms with Crippen molar-refractivity contribution in [2.45, 2.75) is 27.3 Å². The number of nitrogens with zero attached hydrogens (tertiary/aromatic N) is 1. The van der Waals surface area contributed by atoms with Gasteiger partial charge in [-0.15, -0.1) is 0 Å². The number of H-pyrrole nitrogens is 1. The topological polar surface area (TPSA) is 76.6 Å². The number of hydrogen-bond donors (Lipinski definition) is 3. The molecule has 0 aliphatic rings. The molecule has 1 aromatic heterocycles. The zero-order valence-electron chi connectivity index (χ0n) is 13.4. The maximum Gasteiger partial charge on any atom is 0.194 e. The van der Waals surface area contributed by atoms with Crippen molar-refractivity contribution in [3.05, 3.63) is 44.7 Å². The van der Waals surface area contributed by atoms with E-state index in [1.807, 2.05) is 31.7 Å². The molecule has 0 bridgehead atoms. The number of benzene rings is 1. The molecule has 0 aliphatic heterocycles. The smallest absolute Gasteiger partial charge is 0.194 e. The van der Waals surface area contributed by atoms with Crippen molar-refractivity contribution >= 4 is 10.9 Å². The molecule has 5 nitrogen and oxygen atoms in total. The van der Waals surface area contributed by atoms with Crippen LogP contribution >= 0.6 is 0 Å². The molecule has 0 amide bonds. The van der Waals surface area contributed by atoms with Crippen LogP contribution in [0.3, 0.4) is 0 Å². The summed E-state index contributed by atoms with van der Waals surface area (Å²) in [5.41, 5.74) is 4.56. The van der Waals surface area contributed by atoms with Gasteiger partial charge in [0, 0.05) is 36.3 Å². The lowest BCUT2D eigenvalue weighted by atomic mass is 10.0. The molecule has 0 atom stereocenters. The van der Waals surface area contributed by atoms with Crippen LogP contribution in [0.5, 0.6) is 0 Å². The van der Waals surface area contributed by atoms with Crippen molar-refractivity contribution in [2.75, 3.05) is 26.3 Å². The number of fused-ring (bicyclic) bond motifs is 1. The molecule has 120 valence electrons. The Labute approximate surface area is 130 Å². The van der Waals surface area contributed by atoms with Gasteiger partial charge >= 0.3 is 0 Å². The van der Waals surface area contributed by atoms with E-state index in [4.69, 9.17) is 10.2 Å². The summed E-state index contributed by atoms with van der Waals surface area (Å²) in [4.78, 5) is 18.0. The minimum absolute atomic E-state index is 0.00273. The number of hydrogen-bond acceptors (Lipinski definition) is 4. The number of aromatic nitrogens is 1. The molecular weight excluding hydrogens is 280 g/mol. The van der Waals surface area contributed by atoms with Gasteiger partial charge in [-0.05, 0) is 38.0 Å². The van der Waals surface area contributed by atoms with Gasteiger partial charge in [0.1, 0.15) is 0 Å². The van der Waals surface area contributed by atoms with Crippen molar-refractivity contribution in [3.8, 4) is 0 Å². The first-order valence-corrected chi connectivity index (χ1v) is 7.54.